The van der Waals surface area contributed by atoms with Crippen molar-refractivity contribution >= 4 is 12.6 Å². The Bertz CT molecular complexity index is 174. The number of H-pyrrole nitrogens is 1. The number of aliphatic hydroxyl groups is 1. The first-order chi connectivity index (χ1) is 4.79. The molecule has 0 radical (unpaired) electrons. The van der Waals surface area contributed by atoms with Crippen LogP contribution < -0.4 is 0 Å². The number of imidazole rings is 1. The molecule has 1 aromatic rings. The molecule has 0 aromatic carbocycles. The van der Waals surface area contributed by atoms with Crippen LogP contribution in [0.15, 0.2) is 12.5 Å². The summed E-state index contributed by atoms with van der Waals surface area (Å²) < 4.78 is 0. The molecule has 0 saturated heterocycles. The van der Waals surface area contributed by atoms with Crippen LogP contribution in [0, 0.1) is 0 Å². The fourth-order valence-electron chi connectivity index (χ4n) is 0.706. The summed E-state index contributed by atoms with van der Waals surface area (Å²) in [5, 5.41) is 8.78. The minimum absolute atomic E-state index is 0.525. The van der Waals surface area contributed by atoms with Gasteiger partial charge in [-0.3, -0.25) is 0 Å². The van der Waals surface area contributed by atoms with Crippen molar-refractivity contribution in [2.24, 2.45) is 0 Å². The molecule has 1 rings (SSSR count). The first-order valence-electron chi connectivity index (χ1n) is 3.12. The predicted octanol–water partition coefficient (Wildman–Crippen LogP) is 0.590. The highest BCUT2D eigenvalue weighted by molar-refractivity contribution is 7.80. The number of rotatable bonds is 3. The Morgan fingerprint density at radius 2 is 2.60 bits per heavy atom. The van der Waals surface area contributed by atoms with Crippen LogP contribution in [0.5, 0.6) is 0 Å². The number of aryl methyl sites for hydroxylation is 1. The van der Waals surface area contributed by atoms with E-state index in [9.17, 15) is 0 Å². The molecule has 2 N–H and O–H groups in total. The maximum atomic E-state index is 8.78. The van der Waals surface area contributed by atoms with Crippen LogP contribution in [0.25, 0.3) is 0 Å². The number of hydrogen-bond acceptors (Lipinski definition) is 3. The van der Waals surface area contributed by atoms with E-state index >= 15 is 0 Å². The molecule has 1 atom stereocenters. The van der Waals surface area contributed by atoms with Gasteiger partial charge < -0.3 is 10.1 Å². The molecule has 0 spiro atoms. The molecular weight excluding hydrogens is 148 g/mol. The van der Waals surface area contributed by atoms with E-state index in [1.807, 2.05) is 0 Å². The first-order valence-corrected chi connectivity index (χ1v) is 3.64. The number of aromatic amines is 1. The van der Waals surface area contributed by atoms with Crippen molar-refractivity contribution in [2.45, 2.75) is 18.3 Å². The van der Waals surface area contributed by atoms with Gasteiger partial charge in [0, 0.05) is 11.9 Å². The molecule has 10 heavy (non-hydrogen) atoms. The predicted molar refractivity (Wildman–Crippen MR) is 41.9 cm³/mol. The summed E-state index contributed by atoms with van der Waals surface area (Å²) in [6.07, 6.45) is 4.83. The number of hydrogen-bond donors (Lipinski definition) is 3. The van der Waals surface area contributed by atoms with Gasteiger partial charge in [-0.05, 0) is 12.8 Å². The minimum atomic E-state index is -0.525. The lowest BCUT2D eigenvalue weighted by atomic mass is 10.3. The number of nitrogens with zero attached hydrogens (tertiary/aromatic N) is 1. The van der Waals surface area contributed by atoms with Gasteiger partial charge in [0.25, 0.3) is 0 Å². The monoisotopic (exact) mass is 158 g/mol. The molecule has 0 aliphatic heterocycles. The van der Waals surface area contributed by atoms with Gasteiger partial charge in [0.2, 0.25) is 0 Å². The zero-order chi connectivity index (χ0) is 7.40. The van der Waals surface area contributed by atoms with Crippen LogP contribution in [0.1, 0.15) is 12.1 Å². The molecule has 0 fully saturated rings. The SMILES string of the molecule is OC(S)CCc1cnc[nH]1. The van der Waals surface area contributed by atoms with E-state index < -0.39 is 5.44 Å². The van der Waals surface area contributed by atoms with E-state index in [1.165, 1.54) is 0 Å². The van der Waals surface area contributed by atoms with Crippen LogP contribution in [0.3, 0.4) is 0 Å². The fourth-order valence-corrected chi connectivity index (χ4v) is 0.835. The number of thiol groups is 1. The third-order valence-electron chi connectivity index (χ3n) is 1.23. The lowest BCUT2D eigenvalue weighted by molar-refractivity contribution is 0.255. The molecule has 56 valence electrons. The molecule has 1 heterocycles. The Morgan fingerprint density at radius 1 is 1.80 bits per heavy atom. The molecule has 0 aliphatic rings. The second-order valence-electron chi connectivity index (χ2n) is 2.10. The molecule has 1 aromatic heterocycles. The second kappa shape index (κ2) is 3.63. The van der Waals surface area contributed by atoms with Gasteiger partial charge in [-0.1, -0.05) is 0 Å². The molecular formula is C6H10N2OS. The molecule has 0 aliphatic carbocycles. The van der Waals surface area contributed by atoms with Crippen LogP contribution in [0.2, 0.25) is 0 Å². The van der Waals surface area contributed by atoms with Crippen molar-refractivity contribution in [1.29, 1.82) is 0 Å². The van der Waals surface area contributed by atoms with Crippen molar-refractivity contribution < 1.29 is 5.11 Å². The summed E-state index contributed by atoms with van der Waals surface area (Å²) in [4.78, 5) is 6.77. The maximum absolute atomic E-state index is 8.78. The largest absolute Gasteiger partial charge is 0.383 e. The smallest absolute Gasteiger partial charge is 0.0968 e. The molecule has 0 amide bonds. The summed E-state index contributed by atoms with van der Waals surface area (Å²) in [5.41, 5.74) is 0.511. The van der Waals surface area contributed by atoms with E-state index in [2.05, 4.69) is 22.6 Å². The van der Waals surface area contributed by atoms with Crippen molar-refractivity contribution in [2.75, 3.05) is 0 Å². The summed E-state index contributed by atoms with van der Waals surface area (Å²) in [6.45, 7) is 0. The normalized spacial score (nSPS) is 13.4. The van der Waals surface area contributed by atoms with Gasteiger partial charge in [0.1, 0.15) is 0 Å². The zero-order valence-corrected chi connectivity index (χ0v) is 6.38. The Balaban J connectivity index is 2.28. The van der Waals surface area contributed by atoms with E-state index in [-0.39, 0.29) is 0 Å². The Morgan fingerprint density at radius 3 is 3.10 bits per heavy atom. The Hall–Kier alpha value is -0.480. The van der Waals surface area contributed by atoms with Gasteiger partial charge in [-0.25, -0.2) is 4.98 Å². The van der Waals surface area contributed by atoms with Crippen molar-refractivity contribution in [1.82, 2.24) is 9.97 Å². The molecule has 0 saturated carbocycles. The van der Waals surface area contributed by atoms with Gasteiger partial charge >= 0.3 is 0 Å². The van der Waals surface area contributed by atoms with Crippen LogP contribution in [0.4, 0.5) is 0 Å². The molecule has 3 nitrogen and oxygen atoms in total. The van der Waals surface area contributed by atoms with E-state index in [1.54, 1.807) is 12.5 Å². The third-order valence-corrected chi connectivity index (χ3v) is 1.48. The molecule has 1 unspecified atom stereocenters. The Labute approximate surface area is 64.9 Å². The van der Waals surface area contributed by atoms with E-state index in [4.69, 9.17) is 5.11 Å². The van der Waals surface area contributed by atoms with Crippen molar-refractivity contribution in [3.63, 3.8) is 0 Å². The van der Waals surface area contributed by atoms with Gasteiger partial charge in [-0.2, -0.15) is 0 Å². The maximum Gasteiger partial charge on any atom is 0.0968 e. The fraction of sp³-hybridized carbons (Fsp3) is 0.500. The number of aliphatic hydroxyl groups excluding tert-OH is 1. The highest BCUT2D eigenvalue weighted by Gasteiger charge is 1.97. The van der Waals surface area contributed by atoms with Crippen molar-refractivity contribution in [3.05, 3.63) is 18.2 Å². The Kier molecular flexibility index (Phi) is 2.77. The van der Waals surface area contributed by atoms with Gasteiger partial charge in [0.15, 0.2) is 0 Å². The lowest BCUT2D eigenvalue weighted by Crippen LogP contribution is -1.98. The zero-order valence-electron chi connectivity index (χ0n) is 5.49. The van der Waals surface area contributed by atoms with Crippen LogP contribution in [-0.4, -0.2) is 20.5 Å². The minimum Gasteiger partial charge on any atom is -0.383 e. The van der Waals surface area contributed by atoms with Crippen LogP contribution >= 0.6 is 12.6 Å². The average molecular weight is 158 g/mol. The summed E-state index contributed by atoms with van der Waals surface area (Å²) >= 11 is 3.83. The quantitative estimate of drug-likeness (QED) is 0.445. The van der Waals surface area contributed by atoms with E-state index in [0.29, 0.717) is 6.42 Å². The average Bonchev–Trinajstić information content (AvgIpc) is 2.34. The van der Waals surface area contributed by atoms with Gasteiger partial charge in [-0.15, -0.1) is 12.6 Å². The van der Waals surface area contributed by atoms with E-state index in [0.717, 1.165) is 12.1 Å². The standard InChI is InChI=1S/C6H10N2OS/c9-6(10)2-1-5-3-7-4-8-5/h3-4,6,9-10H,1-2H2,(H,7,8). The number of nitrogens with one attached hydrogen (secondary N) is 1. The summed E-state index contributed by atoms with van der Waals surface area (Å²) in [6, 6.07) is 0. The summed E-state index contributed by atoms with van der Waals surface area (Å²) in [7, 11) is 0. The van der Waals surface area contributed by atoms with Gasteiger partial charge in [0.05, 0.1) is 11.8 Å². The molecule has 0 bridgehead atoms. The highest BCUT2D eigenvalue weighted by atomic mass is 32.1. The lowest BCUT2D eigenvalue weighted by Gasteiger charge is -1.99. The highest BCUT2D eigenvalue weighted by Crippen LogP contribution is 2.02. The number of aromatic nitrogens is 2. The molecule has 4 heteroatoms. The topological polar surface area (TPSA) is 48.9 Å². The third kappa shape index (κ3) is 2.41. The summed E-state index contributed by atoms with van der Waals surface area (Å²) in [5.74, 6) is 0. The van der Waals surface area contributed by atoms with Crippen LogP contribution in [-0.2, 0) is 6.42 Å². The first kappa shape index (κ1) is 7.63. The van der Waals surface area contributed by atoms with Crippen molar-refractivity contribution in [3.8, 4) is 0 Å². The second-order valence-corrected chi connectivity index (χ2v) is 2.69.